The van der Waals surface area contributed by atoms with Gasteiger partial charge < -0.3 is 36.6 Å². The van der Waals surface area contributed by atoms with Crippen molar-refractivity contribution >= 4 is 29.7 Å². The van der Waals surface area contributed by atoms with E-state index in [9.17, 15) is 29.1 Å². The summed E-state index contributed by atoms with van der Waals surface area (Å²) in [7, 11) is 0. The smallest absolute Gasteiger partial charge is 0.326 e. The predicted molar refractivity (Wildman–Crippen MR) is 98.6 cm³/mol. The molecular formula is C17H28N4O8. The molecule has 1 rings (SSSR count). The molecule has 0 aromatic carbocycles. The maximum atomic E-state index is 12.4. The second-order valence-electron chi connectivity index (χ2n) is 7.12. The summed E-state index contributed by atoms with van der Waals surface area (Å²) < 4.78 is 0. The van der Waals surface area contributed by atoms with E-state index in [4.69, 9.17) is 10.2 Å². The van der Waals surface area contributed by atoms with Gasteiger partial charge in [0.15, 0.2) is 0 Å². The molecule has 0 radical (unpaired) electrons. The molecule has 0 aromatic heterocycles. The minimum atomic E-state index is -1.51. The average Bonchev–Trinajstić information content (AvgIpc) is 3.16. The summed E-state index contributed by atoms with van der Waals surface area (Å²) in [5.74, 6) is -5.55. The van der Waals surface area contributed by atoms with Crippen molar-refractivity contribution in [3.63, 3.8) is 0 Å². The second kappa shape index (κ2) is 11.3. The van der Waals surface area contributed by atoms with Gasteiger partial charge in [-0.05, 0) is 25.3 Å². The number of carbonyl (C=O) groups excluding carboxylic acids is 3. The number of carbonyl (C=O) groups is 5. The van der Waals surface area contributed by atoms with E-state index in [-0.39, 0.29) is 0 Å². The molecule has 1 heterocycles. The highest BCUT2D eigenvalue weighted by Crippen LogP contribution is 2.06. The van der Waals surface area contributed by atoms with Crippen molar-refractivity contribution in [3.05, 3.63) is 0 Å². The first-order valence-corrected chi connectivity index (χ1v) is 9.26. The van der Waals surface area contributed by atoms with Crippen LogP contribution in [0, 0.1) is 5.92 Å². The molecule has 164 valence electrons. The van der Waals surface area contributed by atoms with Crippen LogP contribution in [-0.2, 0) is 24.0 Å². The molecule has 1 fully saturated rings. The fourth-order valence-electron chi connectivity index (χ4n) is 2.80. The molecule has 0 aliphatic carbocycles. The molecule has 1 saturated heterocycles. The van der Waals surface area contributed by atoms with E-state index in [0.29, 0.717) is 13.0 Å². The minimum Gasteiger partial charge on any atom is -0.481 e. The van der Waals surface area contributed by atoms with Gasteiger partial charge in [-0.15, -0.1) is 0 Å². The van der Waals surface area contributed by atoms with Gasteiger partial charge >= 0.3 is 11.9 Å². The normalized spacial score (nSPS) is 19.1. The molecule has 0 saturated carbocycles. The van der Waals surface area contributed by atoms with Crippen LogP contribution in [0.3, 0.4) is 0 Å². The van der Waals surface area contributed by atoms with Crippen molar-refractivity contribution in [2.75, 3.05) is 13.2 Å². The van der Waals surface area contributed by atoms with Gasteiger partial charge in [-0.1, -0.05) is 13.8 Å². The van der Waals surface area contributed by atoms with Crippen molar-refractivity contribution in [1.82, 2.24) is 21.3 Å². The average molecular weight is 416 g/mol. The Morgan fingerprint density at radius 1 is 1.00 bits per heavy atom. The van der Waals surface area contributed by atoms with E-state index in [0.717, 1.165) is 6.42 Å². The first-order valence-electron chi connectivity index (χ1n) is 9.26. The molecular weight excluding hydrogens is 388 g/mol. The summed E-state index contributed by atoms with van der Waals surface area (Å²) in [6.45, 7) is 2.92. The topological polar surface area (TPSA) is 194 Å². The zero-order valence-electron chi connectivity index (χ0n) is 16.3. The monoisotopic (exact) mass is 416 g/mol. The Morgan fingerprint density at radius 2 is 1.62 bits per heavy atom. The fourth-order valence-corrected chi connectivity index (χ4v) is 2.80. The molecule has 4 unspecified atom stereocenters. The summed E-state index contributed by atoms with van der Waals surface area (Å²) in [5, 5.41) is 37.2. The highest BCUT2D eigenvalue weighted by molar-refractivity contribution is 5.95. The summed E-state index contributed by atoms with van der Waals surface area (Å²) in [4.78, 5) is 59.1. The second-order valence-corrected chi connectivity index (χ2v) is 7.12. The van der Waals surface area contributed by atoms with Crippen molar-refractivity contribution in [1.29, 1.82) is 0 Å². The van der Waals surface area contributed by atoms with Crippen LogP contribution in [0.4, 0.5) is 0 Å². The lowest BCUT2D eigenvalue weighted by Crippen LogP contribution is -2.58. The number of carboxylic acid groups (broad SMARTS) is 2. The lowest BCUT2D eigenvalue weighted by molar-refractivity contribution is -0.144. The van der Waals surface area contributed by atoms with Crippen LogP contribution in [-0.4, -0.2) is 82.3 Å². The first kappa shape index (κ1) is 24.3. The van der Waals surface area contributed by atoms with Gasteiger partial charge in [0, 0.05) is 0 Å². The number of aliphatic hydroxyl groups is 1. The molecule has 3 amide bonds. The maximum Gasteiger partial charge on any atom is 0.326 e. The van der Waals surface area contributed by atoms with Crippen LogP contribution < -0.4 is 21.3 Å². The van der Waals surface area contributed by atoms with E-state index in [1.165, 1.54) is 0 Å². The highest BCUT2D eigenvalue weighted by atomic mass is 16.4. The van der Waals surface area contributed by atoms with Gasteiger partial charge in [0.25, 0.3) is 0 Å². The van der Waals surface area contributed by atoms with E-state index < -0.39 is 72.8 Å². The number of amides is 3. The zero-order chi connectivity index (χ0) is 22.1. The van der Waals surface area contributed by atoms with Crippen LogP contribution in [0.1, 0.15) is 33.1 Å². The molecule has 12 nitrogen and oxygen atoms in total. The Morgan fingerprint density at radius 3 is 2.07 bits per heavy atom. The largest absolute Gasteiger partial charge is 0.481 e. The van der Waals surface area contributed by atoms with Crippen molar-refractivity contribution in [2.45, 2.75) is 57.3 Å². The molecule has 1 aliphatic heterocycles. The predicted octanol–water partition coefficient (Wildman–Crippen LogP) is -2.60. The Hall–Kier alpha value is -2.73. The summed E-state index contributed by atoms with van der Waals surface area (Å²) >= 11 is 0. The first-order chi connectivity index (χ1) is 13.6. The number of aliphatic hydroxyl groups excluding tert-OH is 1. The molecule has 0 bridgehead atoms. The third kappa shape index (κ3) is 7.66. The van der Waals surface area contributed by atoms with Crippen LogP contribution in [0.15, 0.2) is 0 Å². The highest BCUT2D eigenvalue weighted by Gasteiger charge is 2.32. The lowest BCUT2D eigenvalue weighted by atomic mass is 10.0. The Bertz CT molecular complexity index is 633. The van der Waals surface area contributed by atoms with Gasteiger partial charge in [-0.2, -0.15) is 0 Å². The van der Waals surface area contributed by atoms with E-state index in [1.807, 2.05) is 0 Å². The van der Waals surface area contributed by atoms with E-state index >= 15 is 0 Å². The molecule has 29 heavy (non-hydrogen) atoms. The zero-order valence-corrected chi connectivity index (χ0v) is 16.3. The molecule has 7 N–H and O–H groups in total. The van der Waals surface area contributed by atoms with Crippen LogP contribution in [0.25, 0.3) is 0 Å². The molecule has 4 atom stereocenters. The third-order valence-corrected chi connectivity index (χ3v) is 4.43. The van der Waals surface area contributed by atoms with Gasteiger partial charge in [0.05, 0.1) is 19.1 Å². The lowest BCUT2D eigenvalue weighted by Gasteiger charge is -2.24. The Kier molecular flexibility index (Phi) is 9.48. The van der Waals surface area contributed by atoms with Gasteiger partial charge in [-0.3, -0.25) is 19.2 Å². The maximum absolute atomic E-state index is 12.4. The number of nitrogens with one attached hydrogen (secondary N) is 4. The number of carboxylic acids is 2. The van der Waals surface area contributed by atoms with Crippen LogP contribution in [0.5, 0.6) is 0 Å². The minimum absolute atomic E-state index is 0.454. The van der Waals surface area contributed by atoms with Gasteiger partial charge in [0.2, 0.25) is 17.7 Å². The SMILES string of the molecule is CC(C)C(NC(=O)C(CO)NC(=O)C(CC(=O)O)NC(=O)C1CCCN1)C(=O)O. The molecule has 0 aromatic rings. The van der Waals surface area contributed by atoms with Crippen molar-refractivity contribution in [2.24, 2.45) is 5.92 Å². The molecule has 1 aliphatic rings. The van der Waals surface area contributed by atoms with Crippen molar-refractivity contribution < 1.29 is 39.3 Å². The molecule has 0 spiro atoms. The fraction of sp³-hybridized carbons (Fsp3) is 0.706. The standard InChI is InChI=1S/C17H28N4O8/c1-8(2)13(17(28)29)21-16(27)11(7-22)20-15(26)10(6-12(23)24)19-14(25)9-4-3-5-18-9/h8-11,13,18,22H,3-7H2,1-2H3,(H,19,25)(H,20,26)(H,21,27)(H,23,24)(H,28,29). The van der Waals surface area contributed by atoms with Gasteiger partial charge in [-0.25, -0.2) is 4.79 Å². The number of hydrogen-bond acceptors (Lipinski definition) is 7. The van der Waals surface area contributed by atoms with Crippen LogP contribution in [0.2, 0.25) is 0 Å². The van der Waals surface area contributed by atoms with E-state index in [1.54, 1.807) is 13.8 Å². The summed E-state index contributed by atoms with van der Waals surface area (Å²) in [6.07, 6.45) is 0.579. The third-order valence-electron chi connectivity index (χ3n) is 4.43. The number of rotatable bonds is 11. The summed E-state index contributed by atoms with van der Waals surface area (Å²) in [5.41, 5.74) is 0. The van der Waals surface area contributed by atoms with Gasteiger partial charge in [0.1, 0.15) is 18.1 Å². The Labute approximate surface area is 167 Å². The number of aliphatic carboxylic acids is 2. The van der Waals surface area contributed by atoms with Crippen LogP contribution >= 0.6 is 0 Å². The van der Waals surface area contributed by atoms with E-state index in [2.05, 4.69) is 21.3 Å². The summed E-state index contributed by atoms with van der Waals surface area (Å²) in [6, 6.07) is -4.76. The number of hydrogen-bond donors (Lipinski definition) is 7. The quantitative estimate of drug-likeness (QED) is 0.189. The molecule has 12 heteroatoms. The van der Waals surface area contributed by atoms with Crippen molar-refractivity contribution in [3.8, 4) is 0 Å². The Balaban J connectivity index is 2.80.